The summed E-state index contributed by atoms with van der Waals surface area (Å²) in [4.78, 5) is 17.8. The molecule has 2 aromatic rings. The van der Waals surface area contributed by atoms with E-state index in [4.69, 9.17) is 17.4 Å². The van der Waals surface area contributed by atoms with E-state index in [1.54, 1.807) is 22.8 Å². The van der Waals surface area contributed by atoms with Crippen LogP contribution in [0.5, 0.6) is 0 Å². The van der Waals surface area contributed by atoms with Gasteiger partial charge in [0.2, 0.25) is 0 Å². The van der Waals surface area contributed by atoms with Crippen LogP contribution in [0.3, 0.4) is 0 Å². The minimum absolute atomic E-state index is 0.174. The van der Waals surface area contributed by atoms with Crippen molar-refractivity contribution >= 4 is 23.3 Å². The molecule has 0 bridgehead atoms. The zero-order valence-electron chi connectivity index (χ0n) is 11.2. The number of halogens is 1. The number of carbonyl (C=O) groups excluding carboxylic acids is 1. The lowest BCUT2D eigenvalue weighted by Crippen LogP contribution is -2.26. The number of hydrogen-bond acceptors (Lipinski definition) is 5. The maximum atomic E-state index is 12.3. The monoisotopic (exact) mass is 294 g/mol. The molecule has 8 heteroatoms. The standard InChI is InChI=1S/C12H15ClN6O/c1-18(6-8-4-16-19(2)7-8)12(20)9-3-10(13)11(17-14)15-5-9/h3-5,7H,6,14H2,1-2H3,(H,15,17). The average molecular weight is 295 g/mol. The predicted octanol–water partition coefficient (Wildman–Crippen LogP) is 1.03. The summed E-state index contributed by atoms with van der Waals surface area (Å²) < 4.78 is 1.69. The molecule has 0 saturated heterocycles. The second kappa shape index (κ2) is 5.89. The molecule has 0 atom stereocenters. The molecule has 0 aliphatic rings. The third-order valence-corrected chi connectivity index (χ3v) is 3.04. The summed E-state index contributed by atoms with van der Waals surface area (Å²) in [5.74, 6) is 5.40. The largest absolute Gasteiger partial charge is 0.337 e. The van der Waals surface area contributed by atoms with Gasteiger partial charge < -0.3 is 10.3 Å². The molecule has 106 valence electrons. The fourth-order valence-corrected chi connectivity index (χ4v) is 2.00. The second-order valence-electron chi connectivity index (χ2n) is 4.38. The number of nitrogens with two attached hydrogens (primary N) is 1. The molecule has 0 aliphatic carbocycles. The highest BCUT2D eigenvalue weighted by Crippen LogP contribution is 2.20. The molecule has 7 nitrogen and oxygen atoms in total. The van der Waals surface area contributed by atoms with Crippen LogP contribution >= 0.6 is 11.6 Å². The van der Waals surface area contributed by atoms with E-state index in [1.165, 1.54) is 12.3 Å². The predicted molar refractivity (Wildman–Crippen MR) is 76.1 cm³/mol. The lowest BCUT2D eigenvalue weighted by molar-refractivity contribution is 0.0784. The Labute approximate surface area is 121 Å². The summed E-state index contributed by atoms with van der Waals surface area (Å²) in [6.07, 6.45) is 5.01. The number of anilines is 1. The van der Waals surface area contributed by atoms with Crippen molar-refractivity contribution in [2.24, 2.45) is 12.9 Å². The Morgan fingerprint density at radius 2 is 2.30 bits per heavy atom. The van der Waals surface area contributed by atoms with Gasteiger partial charge in [-0.3, -0.25) is 9.48 Å². The zero-order chi connectivity index (χ0) is 14.7. The van der Waals surface area contributed by atoms with E-state index >= 15 is 0 Å². The number of rotatable bonds is 4. The smallest absolute Gasteiger partial charge is 0.255 e. The van der Waals surface area contributed by atoms with Crippen molar-refractivity contribution in [2.75, 3.05) is 12.5 Å². The van der Waals surface area contributed by atoms with Crippen molar-refractivity contribution in [2.45, 2.75) is 6.54 Å². The highest BCUT2D eigenvalue weighted by atomic mass is 35.5. The van der Waals surface area contributed by atoms with E-state index in [9.17, 15) is 4.79 Å². The number of amides is 1. The first-order valence-corrected chi connectivity index (χ1v) is 6.24. The maximum Gasteiger partial charge on any atom is 0.255 e. The molecular weight excluding hydrogens is 280 g/mol. The summed E-state index contributed by atoms with van der Waals surface area (Å²) in [6.45, 7) is 0.460. The van der Waals surface area contributed by atoms with Gasteiger partial charge in [-0.1, -0.05) is 11.6 Å². The number of pyridine rings is 1. The van der Waals surface area contributed by atoms with Crippen molar-refractivity contribution in [3.8, 4) is 0 Å². The summed E-state index contributed by atoms with van der Waals surface area (Å²) in [5, 5.41) is 4.36. The summed E-state index contributed by atoms with van der Waals surface area (Å²) in [5.41, 5.74) is 3.70. The van der Waals surface area contributed by atoms with Crippen LogP contribution in [0, 0.1) is 0 Å². The topological polar surface area (TPSA) is 89.1 Å². The highest BCUT2D eigenvalue weighted by Gasteiger charge is 2.15. The van der Waals surface area contributed by atoms with Gasteiger partial charge in [-0.05, 0) is 6.07 Å². The van der Waals surface area contributed by atoms with Crippen LogP contribution in [-0.2, 0) is 13.6 Å². The Morgan fingerprint density at radius 3 is 2.85 bits per heavy atom. The Bertz CT molecular complexity index is 626. The van der Waals surface area contributed by atoms with Gasteiger partial charge in [-0.25, -0.2) is 10.8 Å². The van der Waals surface area contributed by atoms with E-state index in [-0.39, 0.29) is 5.91 Å². The molecular formula is C12H15ClN6O. The van der Waals surface area contributed by atoms with E-state index < -0.39 is 0 Å². The van der Waals surface area contributed by atoms with Gasteiger partial charge in [0.1, 0.15) is 0 Å². The van der Waals surface area contributed by atoms with Crippen LogP contribution in [0.2, 0.25) is 5.02 Å². The van der Waals surface area contributed by atoms with Crippen molar-refractivity contribution in [1.29, 1.82) is 0 Å². The van der Waals surface area contributed by atoms with Gasteiger partial charge in [-0.2, -0.15) is 5.10 Å². The third kappa shape index (κ3) is 3.06. The Hall–Kier alpha value is -2.12. The second-order valence-corrected chi connectivity index (χ2v) is 4.79. The number of hydrogen-bond donors (Lipinski definition) is 2. The molecule has 0 fully saturated rings. The van der Waals surface area contributed by atoms with Crippen LogP contribution in [-0.4, -0.2) is 32.6 Å². The molecule has 2 aromatic heterocycles. The number of hydrazine groups is 1. The fraction of sp³-hybridized carbons (Fsp3) is 0.250. The van der Waals surface area contributed by atoms with Crippen LogP contribution in [0.1, 0.15) is 15.9 Å². The lowest BCUT2D eigenvalue weighted by Gasteiger charge is -2.16. The highest BCUT2D eigenvalue weighted by molar-refractivity contribution is 6.33. The van der Waals surface area contributed by atoms with Crippen LogP contribution in [0.15, 0.2) is 24.7 Å². The van der Waals surface area contributed by atoms with Gasteiger partial charge in [0.25, 0.3) is 5.91 Å². The van der Waals surface area contributed by atoms with Crippen LogP contribution in [0.4, 0.5) is 5.82 Å². The zero-order valence-corrected chi connectivity index (χ0v) is 11.9. The molecule has 1 amide bonds. The molecule has 0 unspecified atom stereocenters. The minimum atomic E-state index is -0.174. The summed E-state index contributed by atoms with van der Waals surface area (Å²) >= 11 is 5.95. The average Bonchev–Trinajstić information content (AvgIpc) is 2.83. The van der Waals surface area contributed by atoms with E-state index in [2.05, 4.69) is 15.5 Å². The van der Waals surface area contributed by atoms with Crippen molar-refractivity contribution in [3.63, 3.8) is 0 Å². The molecule has 2 rings (SSSR count). The van der Waals surface area contributed by atoms with Gasteiger partial charge in [0, 0.05) is 38.6 Å². The number of nitrogens with zero attached hydrogens (tertiary/aromatic N) is 4. The molecule has 0 aliphatic heterocycles. The van der Waals surface area contributed by atoms with Gasteiger partial charge in [-0.15, -0.1) is 0 Å². The lowest BCUT2D eigenvalue weighted by atomic mass is 10.2. The number of aryl methyl sites for hydroxylation is 1. The van der Waals surface area contributed by atoms with Gasteiger partial charge in [0.15, 0.2) is 5.82 Å². The van der Waals surface area contributed by atoms with Crippen LogP contribution in [0.25, 0.3) is 0 Å². The van der Waals surface area contributed by atoms with Crippen molar-refractivity contribution in [3.05, 3.63) is 40.8 Å². The third-order valence-electron chi connectivity index (χ3n) is 2.75. The first-order chi connectivity index (χ1) is 9.51. The number of aromatic nitrogens is 3. The molecule has 0 spiro atoms. The van der Waals surface area contributed by atoms with Crippen molar-refractivity contribution in [1.82, 2.24) is 19.7 Å². The normalized spacial score (nSPS) is 10.4. The number of carbonyl (C=O) groups is 1. The molecule has 3 N–H and O–H groups in total. The van der Waals surface area contributed by atoms with Crippen molar-refractivity contribution < 1.29 is 4.79 Å². The molecule has 20 heavy (non-hydrogen) atoms. The first kappa shape index (κ1) is 14.3. The van der Waals surface area contributed by atoms with E-state index in [0.29, 0.717) is 22.9 Å². The molecule has 0 saturated carbocycles. The molecule has 0 aromatic carbocycles. The maximum absolute atomic E-state index is 12.3. The SMILES string of the molecule is CN(Cc1cnn(C)c1)C(=O)c1cnc(NN)c(Cl)c1. The van der Waals surface area contributed by atoms with E-state index in [0.717, 1.165) is 5.56 Å². The van der Waals surface area contributed by atoms with Crippen LogP contribution < -0.4 is 11.3 Å². The number of nitrogens with one attached hydrogen (secondary N) is 1. The van der Waals surface area contributed by atoms with Gasteiger partial charge in [0.05, 0.1) is 16.8 Å². The molecule has 0 radical (unpaired) electrons. The fourth-order valence-electron chi connectivity index (χ4n) is 1.78. The van der Waals surface area contributed by atoms with Gasteiger partial charge >= 0.3 is 0 Å². The molecule has 2 heterocycles. The Balaban J connectivity index is 2.12. The Kier molecular flexibility index (Phi) is 4.21. The first-order valence-electron chi connectivity index (χ1n) is 5.86. The van der Waals surface area contributed by atoms with E-state index in [1.807, 2.05) is 13.2 Å². The summed E-state index contributed by atoms with van der Waals surface area (Å²) in [7, 11) is 3.53. The number of nitrogen functional groups attached to an aromatic ring is 1. The Morgan fingerprint density at radius 1 is 1.55 bits per heavy atom. The minimum Gasteiger partial charge on any atom is -0.337 e. The quantitative estimate of drug-likeness (QED) is 0.649. The summed E-state index contributed by atoms with van der Waals surface area (Å²) in [6, 6.07) is 1.53.